The third kappa shape index (κ3) is 1.46. The summed E-state index contributed by atoms with van der Waals surface area (Å²) < 4.78 is 5.26. The second-order valence-corrected chi connectivity index (χ2v) is 2.61. The highest BCUT2D eigenvalue weighted by Gasteiger charge is 2.16. The van der Waals surface area contributed by atoms with Crippen molar-refractivity contribution in [2.45, 2.75) is 6.04 Å². The second-order valence-electron chi connectivity index (χ2n) is 2.61. The third-order valence-electron chi connectivity index (χ3n) is 1.82. The summed E-state index contributed by atoms with van der Waals surface area (Å²) in [6.07, 6.45) is 3.11. The van der Waals surface area contributed by atoms with E-state index in [0.717, 1.165) is 11.6 Å². The molecule has 5 heteroatoms. The highest BCUT2D eigenvalue weighted by atomic mass is 16.3. The smallest absolute Gasteiger partial charge is 0.149 e. The molecule has 0 amide bonds. The summed E-state index contributed by atoms with van der Waals surface area (Å²) in [5.74, 6) is 1.57. The van der Waals surface area contributed by atoms with Crippen molar-refractivity contribution in [3.8, 4) is 0 Å². The van der Waals surface area contributed by atoms with E-state index in [1.807, 2.05) is 19.2 Å². The molecule has 2 rings (SSSR count). The van der Waals surface area contributed by atoms with Crippen LogP contribution in [-0.2, 0) is 0 Å². The molecule has 2 aromatic heterocycles. The van der Waals surface area contributed by atoms with E-state index in [-0.39, 0.29) is 6.04 Å². The van der Waals surface area contributed by atoms with Gasteiger partial charge in [0, 0.05) is 0 Å². The quantitative estimate of drug-likeness (QED) is 0.726. The first-order valence-electron chi connectivity index (χ1n) is 3.97. The van der Waals surface area contributed by atoms with Crippen LogP contribution < -0.4 is 5.32 Å². The van der Waals surface area contributed by atoms with Crippen molar-refractivity contribution < 1.29 is 4.42 Å². The average molecular weight is 178 g/mol. The van der Waals surface area contributed by atoms with Crippen LogP contribution in [0.25, 0.3) is 0 Å². The average Bonchev–Trinajstić information content (AvgIpc) is 2.76. The summed E-state index contributed by atoms with van der Waals surface area (Å²) in [5.41, 5.74) is 0. The van der Waals surface area contributed by atoms with E-state index in [1.165, 1.54) is 6.33 Å². The lowest BCUT2D eigenvalue weighted by Gasteiger charge is -2.08. The predicted molar refractivity (Wildman–Crippen MR) is 46.0 cm³/mol. The molecule has 5 nitrogen and oxygen atoms in total. The van der Waals surface area contributed by atoms with Gasteiger partial charge in [-0.3, -0.25) is 5.10 Å². The van der Waals surface area contributed by atoms with Crippen molar-refractivity contribution in [1.82, 2.24) is 20.5 Å². The molecular formula is C8H10N4O. The Balaban J connectivity index is 2.29. The van der Waals surface area contributed by atoms with Crippen molar-refractivity contribution in [2.24, 2.45) is 0 Å². The van der Waals surface area contributed by atoms with Crippen molar-refractivity contribution in [3.63, 3.8) is 0 Å². The predicted octanol–water partition coefficient (Wildman–Crippen LogP) is 0.706. The third-order valence-corrected chi connectivity index (χ3v) is 1.82. The van der Waals surface area contributed by atoms with Crippen LogP contribution in [-0.4, -0.2) is 22.2 Å². The van der Waals surface area contributed by atoms with Crippen LogP contribution in [0.5, 0.6) is 0 Å². The Morgan fingerprint density at radius 3 is 3.08 bits per heavy atom. The van der Waals surface area contributed by atoms with Crippen LogP contribution in [0.3, 0.4) is 0 Å². The number of aromatic amines is 1. The van der Waals surface area contributed by atoms with Gasteiger partial charge in [-0.25, -0.2) is 4.98 Å². The molecule has 2 N–H and O–H groups in total. The van der Waals surface area contributed by atoms with Gasteiger partial charge in [-0.1, -0.05) is 0 Å². The zero-order valence-corrected chi connectivity index (χ0v) is 7.19. The van der Waals surface area contributed by atoms with Crippen molar-refractivity contribution >= 4 is 0 Å². The Bertz CT molecular complexity index is 306. The van der Waals surface area contributed by atoms with Gasteiger partial charge in [0.25, 0.3) is 0 Å². The summed E-state index contributed by atoms with van der Waals surface area (Å²) in [7, 11) is 1.84. The Hall–Kier alpha value is -1.62. The summed E-state index contributed by atoms with van der Waals surface area (Å²) in [5, 5.41) is 9.66. The van der Waals surface area contributed by atoms with E-state index in [9.17, 15) is 0 Å². The van der Waals surface area contributed by atoms with Gasteiger partial charge in [-0.05, 0) is 19.2 Å². The van der Waals surface area contributed by atoms with Crippen LogP contribution in [0.4, 0.5) is 0 Å². The number of nitrogens with zero attached hydrogens (tertiary/aromatic N) is 2. The highest BCUT2D eigenvalue weighted by molar-refractivity contribution is 5.12. The molecule has 0 saturated carbocycles. The van der Waals surface area contributed by atoms with E-state index in [2.05, 4.69) is 20.5 Å². The van der Waals surface area contributed by atoms with E-state index in [1.54, 1.807) is 6.26 Å². The fourth-order valence-corrected chi connectivity index (χ4v) is 1.22. The Morgan fingerprint density at radius 2 is 2.54 bits per heavy atom. The first-order valence-corrected chi connectivity index (χ1v) is 3.97. The van der Waals surface area contributed by atoms with Gasteiger partial charge in [0.2, 0.25) is 0 Å². The Labute approximate surface area is 75.2 Å². The molecule has 0 aliphatic carbocycles. The molecule has 0 bridgehead atoms. The number of aromatic nitrogens is 3. The largest absolute Gasteiger partial charge is 0.467 e. The maximum absolute atomic E-state index is 5.26. The van der Waals surface area contributed by atoms with E-state index in [4.69, 9.17) is 4.42 Å². The molecule has 0 saturated heterocycles. The fraction of sp³-hybridized carbons (Fsp3) is 0.250. The SMILES string of the molecule is CNC(c1ncn[nH]1)c1ccco1. The molecule has 0 fully saturated rings. The molecule has 2 aromatic rings. The van der Waals surface area contributed by atoms with E-state index in [0.29, 0.717) is 0 Å². The molecular weight excluding hydrogens is 168 g/mol. The topological polar surface area (TPSA) is 66.7 Å². The number of hydrogen-bond donors (Lipinski definition) is 2. The number of furan rings is 1. The molecule has 1 atom stereocenters. The monoisotopic (exact) mass is 178 g/mol. The van der Waals surface area contributed by atoms with Gasteiger partial charge in [0.1, 0.15) is 24.0 Å². The minimum absolute atomic E-state index is 0.0579. The molecule has 0 aliphatic heterocycles. The first kappa shape index (κ1) is 8.00. The van der Waals surface area contributed by atoms with E-state index >= 15 is 0 Å². The summed E-state index contributed by atoms with van der Waals surface area (Å²) in [6, 6.07) is 3.68. The van der Waals surface area contributed by atoms with E-state index < -0.39 is 0 Å². The van der Waals surface area contributed by atoms with Crippen LogP contribution in [0.2, 0.25) is 0 Å². The minimum Gasteiger partial charge on any atom is -0.467 e. The molecule has 2 heterocycles. The minimum atomic E-state index is -0.0579. The van der Waals surface area contributed by atoms with Crippen LogP contribution in [0, 0.1) is 0 Å². The lowest BCUT2D eigenvalue weighted by Crippen LogP contribution is -2.18. The van der Waals surface area contributed by atoms with Gasteiger partial charge >= 0.3 is 0 Å². The summed E-state index contributed by atoms with van der Waals surface area (Å²) in [6.45, 7) is 0. The molecule has 0 aromatic carbocycles. The molecule has 0 aliphatic rings. The molecule has 13 heavy (non-hydrogen) atoms. The van der Waals surface area contributed by atoms with Gasteiger partial charge in [-0.15, -0.1) is 0 Å². The van der Waals surface area contributed by atoms with Crippen LogP contribution in [0.1, 0.15) is 17.6 Å². The number of hydrogen-bond acceptors (Lipinski definition) is 4. The zero-order valence-electron chi connectivity index (χ0n) is 7.19. The molecule has 0 radical (unpaired) electrons. The second kappa shape index (κ2) is 3.40. The summed E-state index contributed by atoms with van der Waals surface area (Å²) in [4.78, 5) is 4.05. The lowest BCUT2D eigenvalue weighted by molar-refractivity contribution is 0.454. The number of nitrogens with one attached hydrogen (secondary N) is 2. The first-order chi connectivity index (χ1) is 6.42. The highest BCUT2D eigenvalue weighted by Crippen LogP contribution is 2.17. The maximum Gasteiger partial charge on any atom is 0.149 e. The molecule has 0 spiro atoms. The standard InChI is InChI=1S/C8H10N4O/c1-9-7(6-3-2-4-13-6)8-10-5-11-12-8/h2-5,7,9H,1H3,(H,10,11,12). The van der Waals surface area contributed by atoms with Gasteiger partial charge in [0.05, 0.1) is 6.26 Å². The van der Waals surface area contributed by atoms with Gasteiger partial charge < -0.3 is 9.73 Å². The molecule has 1 unspecified atom stereocenters. The lowest BCUT2D eigenvalue weighted by atomic mass is 10.2. The van der Waals surface area contributed by atoms with Crippen molar-refractivity contribution in [1.29, 1.82) is 0 Å². The normalized spacial score (nSPS) is 13.0. The Kier molecular flexibility index (Phi) is 2.09. The van der Waals surface area contributed by atoms with Crippen molar-refractivity contribution in [3.05, 3.63) is 36.3 Å². The van der Waals surface area contributed by atoms with Crippen molar-refractivity contribution in [2.75, 3.05) is 7.05 Å². The number of rotatable bonds is 3. The summed E-state index contributed by atoms with van der Waals surface area (Å²) >= 11 is 0. The van der Waals surface area contributed by atoms with Crippen LogP contribution in [0.15, 0.2) is 29.1 Å². The van der Waals surface area contributed by atoms with Gasteiger partial charge in [-0.2, -0.15) is 5.10 Å². The van der Waals surface area contributed by atoms with Crippen LogP contribution >= 0.6 is 0 Å². The molecule has 68 valence electrons. The van der Waals surface area contributed by atoms with Gasteiger partial charge in [0.15, 0.2) is 0 Å². The maximum atomic E-state index is 5.26. The fourth-order valence-electron chi connectivity index (χ4n) is 1.22. The zero-order chi connectivity index (χ0) is 9.10. The Morgan fingerprint density at radius 1 is 1.62 bits per heavy atom. The number of H-pyrrole nitrogens is 1.